The molecule has 1 N–H and O–H groups in total. The standard InChI is InChI=1S/C29H30FN3O4S/c1-36-24-13-8-21(18-25(24)37-2)15-17-33-27(34)19-26(28(35)31-16-14-20-6-4-3-5-7-20)38-29(33)32-23-11-9-22(30)10-12-23/h3-13,18,26H,14-17,19H2,1-2H3,(H,31,35)/t26-/m0/s1. The Morgan fingerprint density at radius 2 is 1.74 bits per heavy atom. The van der Waals surface area contributed by atoms with Gasteiger partial charge < -0.3 is 14.8 Å². The summed E-state index contributed by atoms with van der Waals surface area (Å²) in [5.41, 5.74) is 2.59. The lowest BCUT2D eigenvalue weighted by atomic mass is 10.1. The van der Waals surface area contributed by atoms with Gasteiger partial charge in [0.2, 0.25) is 11.8 Å². The summed E-state index contributed by atoms with van der Waals surface area (Å²) in [5.74, 6) is 0.471. The molecule has 0 aromatic heterocycles. The molecule has 0 radical (unpaired) electrons. The number of thioether (sulfide) groups is 1. The van der Waals surface area contributed by atoms with Gasteiger partial charge in [-0.05, 0) is 60.4 Å². The van der Waals surface area contributed by atoms with Crippen molar-refractivity contribution in [3.63, 3.8) is 0 Å². The van der Waals surface area contributed by atoms with E-state index in [-0.39, 0.29) is 24.1 Å². The number of carbonyl (C=O) groups excluding carboxylic acids is 2. The minimum absolute atomic E-state index is 0.0657. The predicted octanol–water partition coefficient (Wildman–Crippen LogP) is 4.77. The van der Waals surface area contributed by atoms with Gasteiger partial charge in [0.1, 0.15) is 5.82 Å². The highest BCUT2D eigenvalue weighted by Gasteiger charge is 2.35. The van der Waals surface area contributed by atoms with E-state index in [0.717, 1.165) is 11.1 Å². The molecule has 3 aromatic rings. The fourth-order valence-electron chi connectivity index (χ4n) is 4.05. The van der Waals surface area contributed by atoms with Crippen LogP contribution in [0.2, 0.25) is 0 Å². The topological polar surface area (TPSA) is 80.2 Å². The van der Waals surface area contributed by atoms with Crippen LogP contribution in [-0.2, 0) is 22.4 Å². The van der Waals surface area contributed by atoms with Crippen LogP contribution in [0.3, 0.4) is 0 Å². The molecule has 7 nitrogen and oxygen atoms in total. The second kappa shape index (κ2) is 13.1. The minimum Gasteiger partial charge on any atom is -0.493 e. The molecule has 1 heterocycles. The summed E-state index contributed by atoms with van der Waals surface area (Å²) in [7, 11) is 3.15. The Labute approximate surface area is 226 Å². The minimum atomic E-state index is -0.602. The number of amides is 2. The van der Waals surface area contributed by atoms with E-state index >= 15 is 0 Å². The van der Waals surface area contributed by atoms with Crippen LogP contribution in [0.5, 0.6) is 11.5 Å². The average Bonchev–Trinajstić information content (AvgIpc) is 2.94. The van der Waals surface area contributed by atoms with Gasteiger partial charge in [-0.1, -0.05) is 48.2 Å². The van der Waals surface area contributed by atoms with Crippen LogP contribution >= 0.6 is 11.8 Å². The van der Waals surface area contributed by atoms with Gasteiger partial charge in [-0.25, -0.2) is 9.38 Å². The summed E-state index contributed by atoms with van der Waals surface area (Å²) < 4.78 is 24.1. The molecular formula is C29H30FN3O4S. The Morgan fingerprint density at radius 1 is 1.00 bits per heavy atom. The van der Waals surface area contributed by atoms with Gasteiger partial charge in [0.15, 0.2) is 16.7 Å². The summed E-state index contributed by atoms with van der Waals surface area (Å²) >= 11 is 1.25. The van der Waals surface area contributed by atoms with E-state index in [0.29, 0.717) is 48.3 Å². The molecule has 0 saturated carbocycles. The highest BCUT2D eigenvalue weighted by atomic mass is 32.2. The van der Waals surface area contributed by atoms with E-state index in [1.54, 1.807) is 31.3 Å². The smallest absolute Gasteiger partial charge is 0.234 e. The molecule has 0 spiro atoms. The summed E-state index contributed by atoms with van der Waals surface area (Å²) in [5, 5.41) is 2.76. The number of carbonyl (C=O) groups is 2. The maximum absolute atomic E-state index is 13.4. The molecule has 3 aromatic carbocycles. The first-order valence-electron chi connectivity index (χ1n) is 12.3. The number of hydrogen-bond donors (Lipinski definition) is 1. The lowest BCUT2D eigenvalue weighted by molar-refractivity contribution is -0.130. The van der Waals surface area contributed by atoms with Crippen LogP contribution in [-0.4, -0.2) is 54.4 Å². The van der Waals surface area contributed by atoms with Gasteiger partial charge >= 0.3 is 0 Å². The third-order valence-corrected chi connectivity index (χ3v) is 7.30. The van der Waals surface area contributed by atoms with Gasteiger partial charge in [-0.3, -0.25) is 14.5 Å². The molecule has 1 aliphatic rings. The first-order valence-corrected chi connectivity index (χ1v) is 13.2. The molecule has 1 saturated heterocycles. The summed E-state index contributed by atoms with van der Waals surface area (Å²) in [6, 6.07) is 21.2. The number of methoxy groups -OCH3 is 2. The van der Waals surface area contributed by atoms with Crippen LogP contribution < -0.4 is 14.8 Å². The number of halogens is 1. The number of rotatable bonds is 10. The summed E-state index contributed by atoms with van der Waals surface area (Å²) in [4.78, 5) is 32.4. The zero-order valence-electron chi connectivity index (χ0n) is 21.4. The van der Waals surface area contributed by atoms with Crippen molar-refractivity contribution < 1.29 is 23.5 Å². The SMILES string of the molecule is COc1ccc(CCN2C(=O)C[C@@H](C(=O)NCCc3ccccc3)SC2=Nc2ccc(F)cc2)cc1OC. The van der Waals surface area contributed by atoms with Crippen molar-refractivity contribution in [2.75, 3.05) is 27.3 Å². The zero-order valence-corrected chi connectivity index (χ0v) is 22.2. The monoisotopic (exact) mass is 535 g/mol. The molecular weight excluding hydrogens is 505 g/mol. The van der Waals surface area contributed by atoms with Gasteiger partial charge in [-0.2, -0.15) is 0 Å². The summed E-state index contributed by atoms with van der Waals surface area (Å²) in [6.45, 7) is 0.839. The number of hydrogen-bond acceptors (Lipinski definition) is 6. The number of benzene rings is 3. The molecule has 198 valence electrons. The van der Waals surface area contributed by atoms with E-state index in [1.165, 1.54) is 23.9 Å². The molecule has 0 bridgehead atoms. The Balaban J connectivity index is 1.47. The van der Waals surface area contributed by atoms with Crippen molar-refractivity contribution in [3.05, 3.63) is 89.7 Å². The Morgan fingerprint density at radius 3 is 2.45 bits per heavy atom. The fraction of sp³-hybridized carbons (Fsp3) is 0.276. The zero-order chi connectivity index (χ0) is 26.9. The molecule has 0 unspecified atom stereocenters. The Hall–Kier alpha value is -3.85. The number of amidine groups is 1. The first-order chi connectivity index (χ1) is 18.5. The van der Waals surface area contributed by atoms with Crippen LogP contribution in [0.15, 0.2) is 77.8 Å². The van der Waals surface area contributed by atoms with Gasteiger partial charge in [0, 0.05) is 19.5 Å². The van der Waals surface area contributed by atoms with Crippen molar-refractivity contribution in [2.24, 2.45) is 4.99 Å². The van der Waals surface area contributed by atoms with Gasteiger partial charge in [0.05, 0.1) is 25.2 Å². The lowest BCUT2D eigenvalue weighted by Gasteiger charge is -2.32. The summed E-state index contributed by atoms with van der Waals surface area (Å²) in [6.07, 6.45) is 1.31. The quantitative estimate of drug-likeness (QED) is 0.405. The molecule has 9 heteroatoms. The fourth-order valence-corrected chi connectivity index (χ4v) is 5.20. The molecule has 38 heavy (non-hydrogen) atoms. The van der Waals surface area contributed by atoms with Crippen molar-refractivity contribution in [2.45, 2.75) is 24.5 Å². The maximum atomic E-state index is 13.4. The third kappa shape index (κ3) is 7.13. The van der Waals surface area contributed by atoms with Crippen LogP contribution in [0.4, 0.5) is 10.1 Å². The molecule has 4 rings (SSSR count). The molecule has 1 atom stereocenters. The highest BCUT2D eigenvalue weighted by molar-refractivity contribution is 8.15. The van der Waals surface area contributed by atoms with E-state index in [4.69, 9.17) is 9.47 Å². The van der Waals surface area contributed by atoms with Crippen LogP contribution in [0, 0.1) is 5.82 Å². The van der Waals surface area contributed by atoms with Crippen LogP contribution in [0.25, 0.3) is 0 Å². The van der Waals surface area contributed by atoms with Gasteiger partial charge in [-0.15, -0.1) is 0 Å². The van der Waals surface area contributed by atoms with Crippen molar-refractivity contribution >= 4 is 34.4 Å². The largest absolute Gasteiger partial charge is 0.493 e. The number of nitrogens with one attached hydrogen (secondary N) is 1. The average molecular weight is 536 g/mol. The van der Waals surface area contributed by atoms with E-state index in [1.807, 2.05) is 48.5 Å². The van der Waals surface area contributed by atoms with Crippen molar-refractivity contribution in [1.29, 1.82) is 0 Å². The Bertz CT molecular complexity index is 1280. The number of ether oxygens (including phenoxy) is 2. The third-order valence-electron chi connectivity index (χ3n) is 6.11. The van der Waals surface area contributed by atoms with Gasteiger partial charge in [0.25, 0.3) is 0 Å². The van der Waals surface area contributed by atoms with Crippen molar-refractivity contribution in [1.82, 2.24) is 10.2 Å². The first kappa shape index (κ1) is 27.2. The van der Waals surface area contributed by atoms with E-state index < -0.39 is 5.25 Å². The van der Waals surface area contributed by atoms with Crippen LogP contribution in [0.1, 0.15) is 17.5 Å². The lowest BCUT2D eigenvalue weighted by Crippen LogP contribution is -2.47. The Kier molecular flexibility index (Phi) is 9.37. The van der Waals surface area contributed by atoms with Crippen molar-refractivity contribution in [3.8, 4) is 11.5 Å². The second-order valence-electron chi connectivity index (χ2n) is 8.69. The van der Waals surface area contributed by atoms with E-state index in [2.05, 4.69) is 10.3 Å². The molecule has 0 aliphatic carbocycles. The molecule has 1 fully saturated rings. The highest BCUT2D eigenvalue weighted by Crippen LogP contribution is 2.31. The predicted molar refractivity (Wildman–Crippen MR) is 148 cm³/mol. The normalized spacial score (nSPS) is 16.4. The van der Waals surface area contributed by atoms with E-state index in [9.17, 15) is 14.0 Å². The second-order valence-corrected chi connectivity index (χ2v) is 9.86. The number of aliphatic imine (C=N–C) groups is 1. The molecule has 2 amide bonds. The molecule has 1 aliphatic heterocycles. The number of nitrogens with zero attached hydrogens (tertiary/aromatic N) is 2. The maximum Gasteiger partial charge on any atom is 0.234 e.